The van der Waals surface area contributed by atoms with E-state index in [4.69, 9.17) is 0 Å². The molecule has 0 aromatic heterocycles. The zero-order valence-corrected chi connectivity index (χ0v) is 21.6. The number of benzene rings is 5. The normalized spacial score (nSPS) is 10.7. The molecule has 0 saturated carbocycles. The molecule has 0 aliphatic heterocycles. The van der Waals surface area contributed by atoms with Gasteiger partial charge in [-0.3, -0.25) is 0 Å². The SMILES string of the molecule is Brc1ccc(N(c2ccc(-c3ccccc3)cc2)c2ccc(-c3ccccc3)cc2)cc1I. The minimum atomic E-state index is 1.10. The lowest BCUT2D eigenvalue weighted by molar-refractivity contribution is 1.28. The smallest absolute Gasteiger partial charge is 0.0472 e. The summed E-state index contributed by atoms with van der Waals surface area (Å²) in [7, 11) is 0. The summed E-state index contributed by atoms with van der Waals surface area (Å²) in [6, 6.07) is 45.0. The van der Waals surface area contributed by atoms with Crippen LogP contribution in [0.2, 0.25) is 0 Å². The predicted molar refractivity (Wildman–Crippen MR) is 152 cm³/mol. The number of anilines is 3. The van der Waals surface area contributed by atoms with Crippen LogP contribution in [0.25, 0.3) is 22.3 Å². The van der Waals surface area contributed by atoms with Crippen molar-refractivity contribution in [2.24, 2.45) is 0 Å². The van der Waals surface area contributed by atoms with E-state index in [1.165, 1.54) is 25.8 Å². The molecule has 33 heavy (non-hydrogen) atoms. The largest absolute Gasteiger partial charge is 0.310 e. The molecule has 0 saturated heterocycles. The van der Waals surface area contributed by atoms with Crippen LogP contribution in [-0.2, 0) is 0 Å². The highest BCUT2D eigenvalue weighted by Gasteiger charge is 2.14. The summed E-state index contributed by atoms with van der Waals surface area (Å²) < 4.78 is 2.28. The Balaban J connectivity index is 1.56. The van der Waals surface area contributed by atoms with Gasteiger partial charge in [0.25, 0.3) is 0 Å². The maximum Gasteiger partial charge on any atom is 0.0472 e. The highest BCUT2D eigenvalue weighted by Crippen LogP contribution is 2.38. The van der Waals surface area contributed by atoms with E-state index in [9.17, 15) is 0 Å². The number of hydrogen-bond acceptors (Lipinski definition) is 1. The Bertz CT molecular complexity index is 1270. The predicted octanol–water partition coefficient (Wildman–Crippen LogP) is 9.86. The van der Waals surface area contributed by atoms with Crippen LogP contribution in [0.3, 0.4) is 0 Å². The molecule has 160 valence electrons. The van der Waals surface area contributed by atoms with Crippen LogP contribution in [0.15, 0.2) is 132 Å². The molecule has 1 nitrogen and oxygen atoms in total. The van der Waals surface area contributed by atoms with Gasteiger partial charge < -0.3 is 4.90 Å². The van der Waals surface area contributed by atoms with Gasteiger partial charge in [0.05, 0.1) is 0 Å². The van der Waals surface area contributed by atoms with Crippen LogP contribution in [-0.4, -0.2) is 0 Å². The van der Waals surface area contributed by atoms with Crippen molar-refractivity contribution in [1.82, 2.24) is 0 Å². The molecule has 0 amide bonds. The van der Waals surface area contributed by atoms with Crippen LogP contribution in [0, 0.1) is 3.57 Å². The first-order valence-corrected chi connectivity index (χ1v) is 12.6. The minimum Gasteiger partial charge on any atom is -0.310 e. The Kier molecular flexibility index (Phi) is 6.60. The molecule has 0 bridgehead atoms. The number of rotatable bonds is 5. The molecule has 5 aromatic rings. The molecule has 3 heteroatoms. The van der Waals surface area contributed by atoms with E-state index < -0.39 is 0 Å². The third kappa shape index (κ3) is 4.90. The topological polar surface area (TPSA) is 3.24 Å². The van der Waals surface area contributed by atoms with Crippen LogP contribution in [0.1, 0.15) is 0 Å². The summed E-state index contributed by atoms with van der Waals surface area (Å²) in [5.74, 6) is 0. The van der Waals surface area contributed by atoms with Gasteiger partial charge in [-0.25, -0.2) is 0 Å². The molecule has 0 atom stereocenters. The lowest BCUT2D eigenvalue weighted by Crippen LogP contribution is -2.10. The van der Waals surface area contributed by atoms with E-state index in [1.54, 1.807) is 0 Å². The van der Waals surface area contributed by atoms with Crippen molar-refractivity contribution in [1.29, 1.82) is 0 Å². The quantitative estimate of drug-likeness (QED) is 0.181. The van der Waals surface area contributed by atoms with Gasteiger partial charge in [-0.1, -0.05) is 84.9 Å². The zero-order valence-electron chi connectivity index (χ0n) is 17.8. The lowest BCUT2D eigenvalue weighted by Gasteiger charge is -2.26. The summed E-state index contributed by atoms with van der Waals surface area (Å²) in [6.07, 6.45) is 0. The molecule has 5 rings (SSSR count). The summed E-state index contributed by atoms with van der Waals surface area (Å²) in [4.78, 5) is 2.30. The molecule has 0 heterocycles. The maximum atomic E-state index is 3.64. The Morgan fingerprint density at radius 2 is 0.848 bits per heavy atom. The van der Waals surface area contributed by atoms with Gasteiger partial charge in [-0.05, 0) is 103 Å². The van der Waals surface area contributed by atoms with Crippen molar-refractivity contribution in [3.63, 3.8) is 0 Å². The van der Waals surface area contributed by atoms with Crippen molar-refractivity contribution >= 4 is 55.6 Å². The Morgan fingerprint density at radius 3 is 1.27 bits per heavy atom. The first kappa shape index (κ1) is 21.9. The van der Waals surface area contributed by atoms with Crippen LogP contribution in [0.5, 0.6) is 0 Å². The Morgan fingerprint density at radius 1 is 0.455 bits per heavy atom. The monoisotopic (exact) mass is 601 g/mol. The fourth-order valence-corrected chi connectivity index (χ4v) is 4.68. The average molecular weight is 602 g/mol. The van der Waals surface area contributed by atoms with Gasteiger partial charge in [-0.2, -0.15) is 0 Å². The first-order chi connectivity index (χ1) is 16.2. The summed E-state index contributed by atoms with van der Waals surface area (Å²) in [5, 5.41) is 0. The van der Waals surface area contributed by atoms with Gasteiger partial charge in [0, 0.05) is 25.1 Å². The van der Waals surface area contributed by atoms with Crippen molar-refractivity contribution in [3.05, 3.63) is 135 Å². The molecule has 0 radical (unpaired) electrons. The van der Waals surface area contributed by atoms with E-state index in [0.29, 0.717) is 0 Å². The number of halogens is 2. The van der Waals surface area contributed by atoms with Crippen molar-refractivity contribution in [2.75, 3.05) is 4.90 Å². The van der Waals surface area contributed by atoms with Crippen molar-refractivity contribution in [3.8, 4) is 22.3 Å². The minimum absolute atomic E-state index is 1.10. The highest BCUT2D eigenvalue weighted by molar-refractivity contribution is 14.1. The summed E-state index contributed by atoms with van der Waals surface area (Å²) in [5.41, 5.74) is 8.25. The summed E-state index contributed by atoms with van der Waals surface area (Å²) >= 11 is 6.01. The standard InChI is InChI=1S/C30H21BrIN/c31-29-20-19-28(21-30(29)32)33(26-15-11-24(12-16-26)22-7-3-1-4-8-22)27-17-13-25(14-18-27)23-9-5-2-6-10-23/h1-21H. The van der Waals surface area contributed by atoms with E-state index in [0.717, 1.165) is 21.5 Å². The molecular weight excluding hydrogens is 581 g/mol. The molecule has 0 N–H and O–H groups in total. The molecule has 0 spiro atoms. The number of nitrogens with zero attached hydrogens (tertiary/aromatic N) is 1. The molecular formula is C30H21BrIN. The van der Waals surface area contributed by atoms with Gasteiger partial charge in [0.15, 0.2) is 0 Å². The first-order valence-electron chi connectivity index (χ1n) is 10.8. The highest BCUT2D eigenvalue weighted by atomic mass is 127. The second-order valence-corrected chi connectivity index (χ2v) is 9.78. The average Bonchev–Trinajstić information content (AvgIpc) is 2.88. The second kappa shape index (κ2) is 9.94. The fourth-order valence-electron chi connectivity index (χ4n) is 3.94. The van der Waals surface area contributed by atoms with Gasteiger partial charge in [-0.15, -0.1) is 0 Å². The maximum absolute atomic E-state index is 3.64. The molecule has 0 aliphatic rings. The van der Waals surface area contributed by atoms with Crippen LogP contribution < -0.4 is 4.90 Å². The van der Waals surface area contributed by atoms with Gasteiger partial charge in [0.1, 0.15) is 0 Å². The van der Waals surface area contributed by atoms with E-state index in [1.807, 2.05) is 12.1 Å². The third-order valence-corrected chi connectivity index (χ3v) is 7.95. The Hall–Kier alpha value is -2.89. The van der Waals surface area contributed by atoms with Crippen LogP contribution in [0.4, 0.5) is 17.1 Å². The molecule has 0 aliphatic carbocycles. The molecule has 5 aromatic carbocycles. The lowest BCUT2D eigenvalue weighted by atomic mass is 10.0. The Labute approximate surface area is 217 Å². The van der Waals surface area contributed by atoms with Crippen molar-refractivity contribution < 1.29 is 0 Å². The summed E-state index contributed by atoms with van der Waals surface area (Å²) in [6.45, 7) is 0. The second-order valence-electron chi connectivity index (χ2n) is 7.76. The number of hydrogen-bond donors (Lipinski definition) is 0. The zero-order chi connectivity index (χ0) is 22.6. The third-order valence-electron chi connectivity index (χ3n) is 5.63. The van der Waals surface area contributed by atoms with E-state index in [2.05, 4.69) is 159 Å². The molecule has 0 fully saturated rings. The van der Waals surface area contributed by atoms with Gasteiger partial charge >= 0.3 is 0 Å². The van der Waals surface area contributed by atoms with Crippen LogP contribution >= 0.6 is 38.5 Å². The van der Waals surface area contributed by atoms with Crippen molar-refractivity contribution in [2.45, 2.75) is 0 Å². The van der Waals surface area contributed by atoms with E-state index in [-0.39, 0.29) is 0 Å². The van der Waals surface area contributed by atoms with E-state index >= 15 is 0 Å². The fraction of sp³-hybridized carbons (Fsp3) is 0. The van der Waals surface area contributed by atoms with Gasteiger partial charge in [0.2, 0.25) is 0 Å². The molecule has 0 unspecified atom stereocenters.